The zero-order valence-electron chi connectivity index (χ0n) is 12.9. The summed E-state index contributed by atoms with van der Waals surface area (Å²) in [4.78, 5) is 38.7. The molecule has 7 heteroatoms. The van der Waals surface area contributed by atoms with Crippen molar-refractivity contribution in [1.29, 1.82) is 0 Å². The van der Waals surface area contributed by atoms with Crippen molar-refractivity contribution in [3.63, 3.8) is 0 Å². The van der Waals surface area contributed by atoms with Crippen LogP contribution in [0.3, 0.4) is 0 Å². The molecule has 0 atom stereocenters. The van der Waals surface area contributed by atoms with Crippen LogP contribution < -0.4 is 15.6 Å². The van der Waals surface area contributed by atoms with Crippen LogP contribution in [0, 0.1) is 6.92 Å². The first-order valence-electron chi connectivity index (χ1n) is 7.05. The maximum atomic E-state index is 11.9. The molecule has 0 aliphatic rings. The molecule has 2 heterocycles. The number of ether oxygens (including phenoxy) is 1. The molecule has 1 N–H and O–H groups in total. The molecule has 0 bridgehead atoms. The zero-order chi connectivity index (χ0) is 16.8. The minimum Gasteiger partial charge on any atom is -0.425 e. The topological polar surface area (TPSA) is 90.3 Å². The molecular weight excluding hydrogens is 298 g/mol. The highest BCUT2D eigenvalue weighted by Crippen LogP contribution is 2.06. The summed E-state index contributed by atoms with van der Waals surface area (Å²) >= 11 is 0. The molecule has 2 aromatic rings. The van der Waals surface area contributed by atoms with Crippen molar-refractivity contribution in [2.75, 3.05) is 6.54 Å². The van der Waals surface area contributed by atoms with Gasteiger partial charge in [-0.3, -0.25) is 19.4 Å². The first kappa shape index (κ1) is 16.4. The van der Waals surface area contributed by atoms with Gasteiger partial charge in [-0.15, -0.1) is 0 Å². The molecule has 0 aliphatic heterocycles. The largest absolute Gasteiger partial charge is 0.425 e. The quantitative estimate of drug-likeness (QED) is 0.828. The summed E-state index contributed by atoms with van der Waals surface area (Å²) in [5.41, 5.74) is 1.04. The van der Waals surface area contributed by atoms with Gasteiger partial charge in [-0.25, -0.2) is 0 Å². The second-order valence-corrected chi connectivity index (χ2v) is 4.93. The molecule has 0 radical (unpaired) electrons. The van der Waals surface area contributed by atoms with Crippen LogP contribution in [0.4, 0.5) is 0 Å². The van der Waals surface area contributed by atoms with Crippen LogP contribution in [0.1, 0.15) is 23.0 Å². The first-order chi connectivity index (χ1) is 11.0. The molecule has 0 unspecified atom stereocenters. The number of aryl methyl sites for hydroxylation is 1. The SMILES string of the molecule is CC(=O)Oc1ccc(=O)n(CCNC(=O)c2ccc(C)nc2)c1. The standard InChI is InChI=1S/C16H17N3O4/c1-11-3-4-13(9-18-11)16(22)17-7-8-19-10-14(23-12(2)20)5-6-15(19)21/h3-6,9-10H,7-8H2,1-2H3,(H,17,22). The van der Waals surface area contributed by atoms with Crippen LogP contribution in [-0.4, -0.2) is 28.0 Å². The Labute approximate surface area is 132 Å². The third kappa shape index (κ3) is 4.77. The van der Waals surface area contributed by atoms with Crippen LogP contribution >= 0.6 is 0 Å². The maximum absolute atomic E-state index is 11.9. The highest BCUT2D eigenvalue weighted by molar-refractivity contribution is 5.93. The number of nitrogens with one attached hydrogen (secondary N) is 1. The van der Waals surface area contributed by atoms with Gasteiger partial charge in [0, 0.05) is 38.0 Å². The van der Waals surface area contributed by atoms with E-state index in [0.29, 0.717) is 5.56 Å². The third-order valence-corrected chi connectivity index (χ3v) is 3.03. The van der Waals surface area contributed by atoms with Crippen molar-refractivity contribution >= 4 is 11.9 Å². The summed E-state index contributed by atoms with van der Waals surface area (Å²) < 4.78 is 6.29. The van der Waals surface area contributed by atoms with Gasteiger partial charge in [0.25, 0.3) is 11.5 Å². The molecule has 1 amide bonds. The predicted molar refractivity (Wildman–Crippen MR) is 83.3 cm³/mol. The number of amides is 1. The number of rotatable bonds is 5. The Morgan fingerprint density at radius 3 is 2.70 bits per heavy atom. The van der Waals surface area contributed by atoms with E-state index < -0.39 is 5.97 Å². The van der Waals surface area contributed by atoms with E-state index in [4.69, 9.17) is 4.74 Å². The van der Waals surface area contributed by atoms with E-state index in [-0.39, 0.29) is 30.3 Å². The van der Waals surface area contributed by atoms with Gasteiger partial charge in [0.1, 0.15) is 5.75 Å². The third-order valence-electron chi connectivity index (χ3n) is 3.03. The van der Waals surface area contributed by atoms with E-state index in [0.717, 1.165) is 5.69 Å². The van der Waals surface area contributed by atoms with E-state index in [2.05, 4.69) is 10.3 Å². The second kappa shape index (κ2) is 7.35. The Morgan fingerprint density at radius 2 is 2.04 bits per heavy atom. The molecule has 7 nitrogen and oxygen atoms in total. The van der Waals surface area contributed by atoms with Crippen LogP contribution in [0.25, 0.3) is 0 Å². The van der Waals surface area contributed by atoms with Crippen molar-refractivity contribution in [3.05, 3.63) is 58.3 Å². The summed E-state index contributed by atoms with van der Waals surface area (Å²) in [6, 6.07) is 6.17. The lowest BCUT2D eigenvalue weighted by Gasteiger charge is -2.09. The first-order valence-corrected chi connectivity index (χ1v) is 7.05. The number of carbonyl (C=O) groups is 2. The minimum absolute atomic E-state index is 0.243. The lowest BCUT2D eigenvalue weighted by atomic mass is 10.2. The van der Waals surface area contributed by atoms with E-state index >= 15 is 0 Å². The number of hydrogen-bond acceptors (Lipinski definition) is 5. The zero-order valence-corrected chi connectivity index (χ0v) is 12.9. The summed E-state index contributed by atoms with van der Waals surface area (Å²) in [5.74, 6) is -0.441. The molecule has 0 saturated heterocycles. The fourth-order valence-corrected chi connectivity index (χ4v) is 1.90. The average Bonchev–Trinajstić information content (AvgIpc) is 2.50. The highest BCUT2D eigenvalue weighted by atomic mass is 16.5. The molecule has 0 saturated carbocycles. The fourth-order valence-electron chi connectivity index (χ4n) is 1.90. The average molecular weight is 315 g/mol. The van der Waals surface area contributed by atoms with Gasteiger partial charge >= 0.3 is 5.97 Å². The smallest absolute Gasteiger partial charge is 0.308 e. The molecule has 23 heavy (non-hydrogen) atoms. The Kier molecular flexibility index (Phi) is 5.24. The summed E-state index contributed by atoms with van der Waals surface area (Å²) in [7, 11) is 0. The molecular formula is C16H17N3O4. The van der Waals surface area contributed by atoms with Crippen molar-refractivity contribution in [2.24, 2.45) is 0 Å². The molecule has 2 aromatic heterocycles. The molecule has 0 spiro atoms. The molecule has 0 fully saturated rings. The Hall–Kier alpha value is -2.96. The predicted octanol–water partition coefficient (Wildman–Crippen LogP) is 0.907. The van der Waals surface area contributed by atoms with Crippen molar-refractivity contribution in [3.8, 4) is 5.75 Å². The highest BCUT2D eigenvalue weighted by Gasteiger charge is 2.06. The number of esters is 1. The summed E-state index contributed by atoms with van der Waals surface area (Å²) in [6.45, 7) is 3.64. The summed E-state index contributed by atoms with van der Waals surface area (Å²) in [5, 5.41) is 2.71. The summed E-state index contributed by atoms with van der Waals surface area (Å²) in [6.07, 6.45) is 2.93. The van der Waals surface area contributed by atoms with Gasteiger partial charge in [-0.2, -0.15) is 0 Å². The molecule has 2 rings (SSSR count). The van der Waals surface area contributed by atoms with E-state index in [1.54, 1.807) is 12.1 Å². The van der Waals surface area contributed by atoms with E-state index in [1.165, 1.54) is 36.0 Å². The van der Waals surface area contributed by atoms with Gasteiger partial charge in [-0.1, -0.05) is 0 Å². The van der Waals surface area contributed by atoms with Crippen LogP contribution in [0.15, 0.2) is 41.5 Å². The number of aromatic nitrogens is 2. The van der Waals surface area contributed by atoms with Crippen LogP contribution in [0.2, 0.25) is 0 Å². The Balaban J connectivity index is 1.95. The van der Waals surface area contributed by atoms with Crippen LogP contribution in [0.5, 0.6) is 5.75 Å². The normalized spacial score (nSPS) is 10.2. The van der Waals surface area contributed by atoms with Gasteiger partial charge in [0.15, 0.2) is 0 Å². The van der Waals surface area contributed by atoms with Gasteiger partial charge in [0.05, 0.1) is 11.8 Å². The van der Waals surface area contributed by atoms with E-state index in [9.17, 15) is 14.4 Å². The number of carbonyl (C=O) groups excluding carboxylic acids is 2. The van der Waals surface area contributed by atoms with Gasteiger partial charge in [-0.05, 0) is 25.1 Å². The maximum Gasteiger partial charge on any atom is 0.308 e. The number of pyridine rings is 2. The monoisotopic (exact) mass is 315 g/mol. The van der Waals surface area contributed by atoms with Crippen LogP contribution in [-0.2, 0) is 11.3 Å². The lowest BCUT2D eigenvalue weighted by Crippen LogP contribution is -2.30. The van der Waals surface area contributed by atoms with Crippen molar-refractivity contribution in [1.82, 2.24) is 14.9 Å². The minimum atomic E-state index is -0.463. The molecule has 0 aromatic carbocycles. The van der Waals surface area contributed by atoms with Crippen molar-refractivity contribution in [2.45, 2.75) is 20.4 Å². The molecule has 0 aliphatic carbocycles. The molecule has 120 valence electrons. The Morgan fingerprint density at radius 1 is 1.26 bits per heavy atom. The Bertz CT molecular complexity index is 766. The van der Waals surface area contributed by atoms with Crippen molar-refractivity contribution < 1.29 is 14.3 Å². The number of hydrogen-bond donors (Lipinski definition) is 1. The van der Waals surface area contributed by atoms with Gasteiger partial charge < -0.3 is 14.6 Å². The number of nitrogens with zero attached hydrogens (tertiary/aromatic N) is 2. The van der Waals surface area contributed by atoms with Gasteiger partial charge in [0.2, 0.25) is 0 Å². The fraction of sp³-hybridized carbons (Fsp3) is 0.250. The second-order valence-electron chi connectivity index (χ2n) is 4.93. The van der Waals surface area contributed by atoms with E-state index in [1.807, 2.05) is 6.92 Å². The lowest BCUT2D eigenvalue weighted by molar-refractivity contribution is -0.131.